The maximum Gasteiger partial charge on any atom is 0.221 e. The smallest absolute Gasteiger partial charge is 0.221 e. The number of carbonyl (C=O) groups excluding carboxylic acids is 1. The quantitative estimate of drug-likeness (QED) is 0.815. The van der Waals surface area contributed by atoms with Crippen LogP contribution in [0.3, 0.4) is 0 Å². The average molecular weight is 268 g/mol. The van der Waals surface area contributed by atoms with Crippen molar-refractivity contribution >= 4 is 17.7 Å². The van der Waals surface area contributed by atoms with E-state index in [1.54, 1.807) is 6.20 Å². The minimum atomic E-state index is 0.105. The highest BCUT2D eigenvalue weighted by Gasteiger charge is 2.17. The third-order valence-corrected chi connectivity index (χ3v) is 3.99. The van der Waals surface area contributed by atoms with Crippen molar-refractivity contribution in [1.82, 2.24) is 20.4 Å². The molecular formula is C12H20N4OS. The molecule has 2 atom stereocenters. The fraction of sp³-hybridized carbons (Fsp3) is 0.667. The van der Waals surface area contributed by atoms with Crippen LogP contribution in [0, 0.1) is 0 Å². The number of nitrogens with one attached hydrogen (secondary N) is 2. The van der Waals surface area contributed by atoms with Crippen LogP contribution in [0.25, 0.3) is 0 Å². The van der Waals surface area contributed by atoms with Gasteiger partial charge in [0.2, 0.25) is 5.91 Å². The summed E-state index contributed by atoms with van der Waals surface area (Å²) in [4.78, 5) is 11.9. The lowest BCUT2D eigenvalue weighted by Gasteiger charge is -2.23. The zero-order valence-electron chi connectivity index (χ0n) is 10.6. The number of hydrogen-bond acceptors (Lipinski definition) is 4. The first kappa shape index (κ1) is 13.4. The maximum atomic E-state index is 11.9. The van der Waals surface area contributed by atoms with Crippen molar-refractivity contribution < 1.29 is 4.79 Å². The molecule has 6 heteroatoms. The molecule has 1 aromatic heterocycles. The Hall–Kier alpha value is -1.01. The Labute approximate surface area is 112 Å². The van der Waals surface area contributed by atoms with Crippen molar-refractivity contribution in [2.24, 2.45) is 0 Å². The van der Waals surface area contributed by atoms with Crippen molar-refractivity contribution in [2.75, 3.05) is 18.1 Å². The lowest BCUT2D eigenvalue weighted by atomic mass is 10.2. The molecule has 1 aliphatic heterocycles. The second kappa shape index (κ2) is 6.80. The van der Waals surface area contributed by atoms with Gasteiger partial charge in [0.15, 0.2) is 0 Å². The Morgan fingerprint density at radius 1 is 1.72 bits per heavy atom. The SMILES string of the molecule is CC(Cn1cccn1)NC(=O)CC1CSCCN1. The largest absolute Gasteiger partial charge is 0.352 e. The van der Waals surface area contributed by atoms with Crippen molar-refractivity contribution in [3.05, 3.63) is 18.5 Å². The Kier molecular flexibility index (Phi) is 5.07. The van der Waals surface area contributed by atoms with Crippen LogP contribution in [0.2, 0.25) is 0 Å². The molecule has 0 aromatic carbocycles. The summed E-state index contributed by atoms with van der Waals surface area (Å²) in [6.45, 7) is 3.72. The molecular weight excluding hydrogens is 248 g/mol. The summed E-state index contributed by atoms with van der Waals surface area (Å²) in [5.41, 5.74) is 0. The zero-order chi connectivity index (χ0) is 12.8. The van der Waals surface area contributed by atoms with Gasteiger partial charge in [-0.1, -0.05) is 0 Å². The van der Waals surface area contributed by atoms with Gasteiger partial charge >= 0.3 is 0 Å². The summed E-state index contributed by atoms with van der Waals surface area (Å²) in [7, 11) is 0. The highest BCUT2D eigenvalue weighted by atomic mass is 32.2. The van der Waals surface area contributed by atoms with Crippen LogP contribution in [0.15, 0.2) is 18.5 Å². The van der Waals surface area contributed by atoms with Gasteiger partial charge in [0.05, 0.1) is 6.54 Å². The topological polar surface area (TPSA) is 59.0 Å². The lowest BCUT2D eigenvalue weighted by molar-refractivity contribution is -0.122. The molecule has 0 bridgehead atoms. The highest BCUT2D eigenvalue weighted by molar-refractivity contribution is 7.99. The number of nitrogens with zero attached hydrogens (tertiary/aromatic N) is 2. The van der Waals surface area contributed by atoms with Crippen LogP contribution in [0.5, 0.6) is 0 Å². The average Bonchev–Trinajstić information content (AvgIpc) is 2.82. The van der Waals surface area contributed by atoms with Gasteiger partial charge in [-0.15, -0.1) is 0 Å². The monoisotopic (exact) mass is 268 g/mol. The van der Waals surface area contributed by atoms with Crippen LogP contribution < -0.4 is 10.6 Å². The Morgan fingerprint density at radius 2 is 2.61 bits per heavy atom. The molecule has 1 amide bonds. The minimum Gasteiger partial charge on any atom is -0.352 e. The molecule has 5 nitrogen and oxygen atoms in total. The molecule has 2 N–H and O–H groups in total. The van der Waals surface area contributed by atoms with Crippen LogP contribution in [-0.4, -0.2) is 45.8 Å². The van der Waals surface area contributed by atoms with E-state index < -0.39 is 0 Å². The first-order valence-corrected chi connectivity index (χ1v) is 7.47. The third-order valence-electron chi connectivity index (χ3n) is 2.86. The predicted octanol–water partition coefficient (Wildman–Crippen LogP) is 0.483. The number of aromatic nitrogens is 2. The van der Waals surface area contributed by atoms with E-state index in [2.05, 4.69) is 15.7 Å². The van der Waals surface area contributed by atoms with E-state index in [0.29, 0.717) is 19.0 Å². The molecule has 1 aromatic rings. The number of rotatable bonds is 5. The minimum absolute atomic E-state index is 0.105. The van der Waals surface area contributed by atoms with E-state index in [1.807, 2.05) is 35.6 Å². The molecule has 2 rings (SSSR count). The molecule has 0 spiro atoms. The molecule has 100 valence electrons. The standard InChI is InChI=1S/C12H20N4OS/c1-10(8-16-5-2-3-14-16)15-12(17)7-11-9-18-6-4-13-11/h2-3,5,10-11,13H,4,6-9H2,1H3,(H,15,17). The fourth-order valence-electron chi connectivity index (χ4n) is 2.04. The number of carbonyl (C=O) groups is 1. The summed E-state index contributed by atoms with van der Waals surface area (Å²) < 4.78 is 1.83. The maximum absolute atomic E-state index is 11.9. The molecule has 1 aliphatic rings. The van der Waals surface area contributed by atoms with Gasteiger partial charge in [-0.25, -0.2) is 0 Å². The van der Waals surface area contributed by atoms with E-state index >= 15 is 0 Å². The van der Waals surface area contributed by atoms with Crippen LogP contribution >= 0.6 is 11.8 Å². The van der Waals surface area contributed by atoms with E-state index in [4.69, 9.17) is 0 Å². The molecule has 0 aliphatic carbocycles. The number of amides is 1. The summed E-state index contributed by atoms with van der Waals surface area (Å²) in [6.07, 6.45) is 4.22. The summed E-state index contributed by atoms with van der Waals surface area (Å²) in [5.74, 6) is 2.30. The van der Waals surface area contributed by atoms with Crippen LogP contribution in [-0.2, 0) is 11.3 Å². The molecule has 2 unspecified atom stereocenters. The van der Waals surface area contributed by atoms with Gasteiger partial charge in [0, 0.05) is 48.9 Å². The first-order valence-electron chi connectivity index (χ1n) is 6.32. The van der Waals surface area contributed by atoms with Crippen LogP contribution in [0.1, 0.15) is 13.3 Å². The predicted molar refractivity (Wildman–Crippen MR) is 73.6 cm³/mol. The van der Waals surface area contributed by atoms with Gasteiger partial charge in [-0.3, -0.25) is 9.48 Å². The Balaban J connectivity index is 1.69. The van der Waals surface area contributed by atoms with Gasteiger partial charge < -0.3 is 10.6 Å². The first-order chi connectivity index (χ1) is 8.74. The van der Waals surface area contributed by atoms with E-state index in [-0.39, 0.29) is 11.9 Å². The van der Waals surface area contributed by atoms with Crippen LogP contribution in [0.4, 0.5) is 0 Å². The van der Waals surface area contributed by atoms with E-state index in [0.717, 1.165) is 18.1 Å². The lowest BCUT2D eigenvalue weighted by Crippen LogP contribution is -2.43. The van der Waals surface area contributed by atoms with Crippen molar-refractivity contribution in [1.29, 1.82) is 0 Å². The Morgan fingerprint density at radius 3 is 3.28 bits per heavy atom. The second-order valence-electron chi connectivity index (χ2n) is 4.63. The van der Waals surface area contributed by atoms with Crippen molar-refractivity contribution in [3.8, 4) is 0 Å². The number of thioether (sulfide) groups is 1. The summed E-state index contributed by atoms with van der Waals surface area (Å²) in [5, 5.41) is 10.5. The van der Waals surface area contributed by atoms with E-state index in [9.17, 15) is 4.79 Å². The molecule has 1 saturated heterocycles. The normalized spacial score (nSPS) is 21.5. The van der Waals surface area contributed by atoms with Gasteiger partial charge in [0.1, 0.15) is 0 Å². The Bertz CT molecular complexity index is 362. The fourth-order valence-corrected chi connectivity index (χ4v) is 2.99. The van der Waals surface area contributed by atoms with Gasteiger partial charge in [0.25, 0.3) is 0 Å². The number of hydrogen-bond donors (Lipinski definition) is 2. The van der Waals surface area contributed by atoms with Crippen molar-refractivity contribution in [2.45, 2.75) is 32.0 Å². The summed E-state index contributed by atoms with van der Waals surface area (Å²) >= 11 is 1.91. The zero-order valence-corrected chi connectivity index (χ0v) is 11.4. The third kappa shape index (κ3) is 4.34. The second-order valence-corrected chi connectivity index (χ2v) is 5.78. The molecule has 0 radical (unpaired) electrons. The van der Waals surface area contributed by atoms with Gasteiger partial charge in [-0.2, -0.15) is 16.9 Å². The summed E-state index contributed by atoms with van der Waals surface area (Å²) in [6, 6.07) is 2.31. The molecule has 0 saturated carbocycles. The molecule has 18 heavy (non-hydrogen) atoms. The van der Waals surface area contributed by atoms with Crippen molar-refractivity contribution in [3.63, 3.8) is 0 Å². The molecule has 1 fully saturated rings. The van der Waals surface area contributed by atoms with E-state index in [1.165, 1.54) is 0 Å². The van der Waals surface area contributed by atoms with Gasteiger partial charge in [-0.05, 0) is 13.0 Å². The highest BCUT2D eigenvalue weighted by Crippen LogP contribution is 2.10. The molecule has 2 heterocycles.